The molecular formula is C21H22F5N3O2. The van der Waals surface area contributed by atoms with Crippen LogP contribution in [0, 0.1) is 11.7 Å². The molecule has 1 amide bonds. The Morgan fingerprint density at radius 2 is 1.87 bits per heavy atom. The summed E-state index contributed by atoms with van der Waals surface area (Å²) >= 11 is 0. The third-order valence-electron chi connectivity index (χ3n) is 6.12. The van der Waals surface area contributed by atoms with Gasteiger partial charge in [-0.25, -0.2) is 4.39 Å². The van der Waals surface area contributed by atoms with Gasteiger partial charge in [0.15, 0.2) is 5.82 Å². The maximum Gasteiger partial charge on any atom is 0.313 e. The minimum atomic E-state index is -4.21. The summed E-state index contributed by atoms with van der Waals surface area (Å²) in [6, 6.07) is 5.69. The second-order valence-electron chi connectivity index (χ2n) is 8.17. The van der Waals surface area contributed by atoms with Crippen LogP contribution in [0.15, 0.2) is 24.3 Å². The first-order chi connectivity index (χ1) is 14.6. The number of alkyl halides is 4. The Morgan fingerprint density at radius 3 is 2.39 bits per heavy atom. The summed E-state index contributed by atoms with van der Waals surface area (Å²) < 4.78 is 68.2. The summed E-state index contributed by atoms with van der Waals surface area (Å²) in [5.41, 5.74) is 1.93. The molecule has 0 saturated heterocycles. The number of amides is 1. The number of carbonyl (C=O) groups is 1. The van der Waals surface area contributed by atoms with Crippen molar-refractivity contribution in [2.24, 2.45) is 5.92 Å². The molecule has 31 heavy (non-hydrogen) atoms. The minimum Gasteiger partial charge on any atom is -0.394 e. The van der Waals surface area contributed by atoms with Crippen molar-refractivity contribution in [3.05, 3.63) is 35.6 Å². The van der Waals surface area contributed by atoms with Crippen LogP contribution in [0.4, 0.5) is 27.8 Å². The van der Waals surface area contributed by atoms with E-state index in [2.05, 4.69) is 10.4 Å². The molecule has 1 atom stereocenters. The highest BCUT2D eigenvalue weighted by molar-refractivity contribution is 5.92. The van der Waals surface area contributed by atoms with Crippen LogP contribution >= 0.6 is 0 Å². The summed E-state index contributed by atoms with van der Waals surface area (Å²) in [6.45, 7) is -0.133. The molecule has 4 rings (SSSR count). The lowest BCUT2D eigenvalue weighted by Gasteiger charge is -2.43. The summed E-state index contributed by atoms with van der Waals surface area (Å²) in [4.78, 5) is 12.4. The Hall–Kier alpha value is -2.49. The fraction of sp³-hybridized carbons (Fsp3) is 0.524. The number of aromatic nitrogens is 2. The Bertz CT molecular complexity index is 970. The van der Waals surface area contributed by atoms with Crippen molar-refractivity contribution in [1.82, 2.24) is 9.78 Å². The summed E-state index contributed by atoms with van der Waals surface area (Å²) in [6.07, 6.45) is 0.840. The number of aliphatic hydroxyl groups excluding tert-OH is 1. The van der Waals surface area contributed by atoms with E-state index in [4.69, 9.17) is 0 Å². The molecule has 0 aliphatic heterocycles. The molecule has 2 fully saturated rings. The van der Waals surface area contributed by atoms with E-state index in [0.717, 1.165) is 19.3 Å². The van der Waals surface area contributed by atoms with Crippen molar-refractivity contribution < 1.29 is 31.9 Å². The molecule has 168 valence electrons. The van der Waals surface area contributed by atoms with Crippen LogP contribution in [0.5, 0.6) is 0 Å². The van der Waals surface area contributed by atoms with Gasteiger partial charge in [0.1, 0.15) is 5.82 Å². The zero-order chi connectivity index (χ0) is 22.4. The molecule has 0 bridgehead atoms. The van der Waals surface area contributed by atoms with Gasteiger partial charge >= 0.3 is 11.8 Å². The maximum atomic E-state index is 13.6. The van der Waals surface area contributed by atoms with Crippen molar-refractivity contribution in [3.63, 3.8) is 0 Å². The zero-order valence-corrected chi connectivity index (χ0v) is 16.6. The monoisotopic (exact) mass is 443 g/mol. The molecule has 2 saturated carbocycles. The van der Waals surface area contributed by atoms with Gasteiger partial charge in [-0.1, -0.05) is 6.42 Å². The van der Waals surface area contributed by atoms with Crippen LogP contribution in [0.1, 0.15) is 43.6 Å². The van der Waals surface area contributed by atoms with Crippen LogP contribution in [0.3, 0.4) is 0 Å². The van der Waals surface area contributed by atoms with Gasteiger partial charge in [0.2, 0.25) is 5.91 Å². The third-order valence-corrected chi connectivity index (χ3v) is 6.12. The van der Waals surface area contributed by atoms with Crippen molar-refractivity contribution in [3.8, 4) is 11.3 Å². The van der Waals surface area contributed by atoms with E-state index < -0.39 is 42.3 Å². The topological polar surface area (TPSA) is 67.2 Å². The van der Waals surface area contributed by atoms with Gasteiger partial charge in [-0.05, 0) is 43.0 Å². The summed E-state index contributed by atoms with van der Waals surface area (Å²) in [5, 5.41) is 16.3. The summed E-state index contributed by atoms with van der Waals surface area (Å²) in [5.74, 6) is -11.1. The van der Waals surface area contributed by atoms with Crippen molar-refractivity contribution in [2.75, 3.05) is 11.9 Å². The largest absolute Gasteiger partial charge is 0.394 e. The van der Waals surface area contributed by atoms with E-state index in [-0.39, 0.29) is 24.9 Å². The van der Waals surface area contributed by atoms with E-state index in [0.29, 0.717) is 16.8 Å². The minimum absolute atomic E-state index is 0.0530. The maximum absolute atomic E-state index is 13.6. The first kappa shape index (κ1) is 21.7. The Morgan fingerprint density at radius 1 is 1.19 bits per heavy atom. The highest BCUT2D eigenvalue weighted by Crippen LogP contribution is 2.56. The first-order valence-corrected chi connectivity index (χ1v) is 10.2. The quantitative estimate of drug-likeness (QED) is 0.617. The SMILES string of the molecule is O=C(C[C@@H]1CC(F)(F)C1(F)F)Nc1nn(CCO)c(-c2ccc(F)cc2)c1C1CCC1. The first-order valence-electron chi connectivity index (χ1n) is 10.2. The van der Waals surface area contributed by atoms with E-state index in [1.165, 1.54) is 16.8 Å². The summed E-state index contributed by atoms with van der Waals surface area (Å²) in [7, 11) is 0. The van der Waals surface area contributed by atoms with Gasteiger partial charge in [0.25, 0.3) is 0 Å². The number of halogens is 5. The van der Waals surface area contributed by atoms with Gasteiger partial charge < -0.3 is 10.4 Å². The Balaban J connectivity index is 1.63. The van der Waals surface area contributed by atoms with Gasteiger partial charge in [0.05, 0.1) is 18.8 Å². The van der Waals surface area contributed by atoms with E-state index >= 15 is 0 Å². The van der Waals surface area contributed by atoms with Gasteiger partial charge in [0, 0.05) is 29.9 Å². The lowest BCUT2D eigenvalue weighted by atomic mass is 9.74. The zero-order valence-electron chi connectivity index (χ0n) is 16.6. The lowest BCUT2D eigenvalue weighted by Crippen LogP contribution is -2.59. The van der Waals surface area contributed by atoms with Gasteiger partial charge in [-0.15, -0.1) is 0 Å². The predicted octanol–water partition coefficient (Wildman–Crippen LogP) is 4.57. The molecule has 2 aromatic rings. The van der Waals surface area contributed by atoms with E-state index in [9.17, 15) is 31.9 Å². The number of carbonyl (C=O) groups excluding carboxylic acids is 1. The van der Waals surface area contributed by atoms with Crippen molar-refractivity contribution in [2.45, 2.75) is 56.4 Å². The van der Waals surface area contributed by atoms with Gasteiger partial charge in [-0.3, -0.25) is 9.48 Å². The van der Waals surface area contributed by atoms with Gasteiger partial charge in [-0.2, -0.15) is 22.7 Å². The second kappa shape index (κ2) is 7.89. The molecule has 10 heteroatoms. The Labute approximate surface area is 175 Å². The number of rotatable bonds is 7. The number of hydrogen-bond donors (Lipinski definition) is 2. The molecule has 0 radical (unpaired) electrons. The molecule has 2 aliphatic rings. The average Bonchev–Trinajstić information content (AvgIpc) is 2.98. The number of anilines is 1. The fourth-order valence-corrected chi connectivity index (χ4v) is 4.17. The molecule has 0 spiro atoms. The van der Waals surface area contributed by atoms with Crippen LogP contribution < -0.4 is 5.32 Å². The standard InChI is InChI=1S/C21H22F5N3O2/c22-15-6-4-13(5-7-15)18-17(12-2-1-3-12)19(28-29(18)8-9-30)27-16(31)10-14-11-20(23,24)21(14,25)26/h4-7,12,14,30H,1-3,8-11H2,(H,27,28,31)/t14-/m1/s1. The normalized spacial score (nSPS) is 21.9. The Kier molecular flexibility index (Phi) is 5.53. The highest BCUT2D eigenvalue weighted by atomic mass is 19.3. The average molecular weight is 443 g/mol. The van der Waals surface area contributed by atoms with Crippen LogP contribution in [0.25, 0.3) is 11.3 Å². The number of nitrogens with zero attached hydrogens (tertiary/aromatic N) is 2. The number of benzene rings is 1. The molecule has 2 aliphatic carbocycles. The molecule has 0 unspecified atom stereocenters. The van der Waals surface area contributed by atoms with Crippen LogP contribution in [0.2, 0.25) is 0 Å². The predicted molar refractivity (Wildman–Crippen MR) is 103 cm³/mol. The molecular weight excluding hydrogens is 421 g/mol. The smallest absolute Gasteiger partial charge is 0.313 e. The van der Waals surface area contributed by atoms with Crippen LogP contribution in [-0.2, 0) is 11.3 Å². The molecule has 1 aromatic heterocycles. The number of nitrogens with one attached hydrogen (secondary N) is 1. The lowest BCUT2D eigenvalue weighted by molar-refractivity contribution is -0.313. The van der Waals surface area contributed by atoms with Crippen LogP contribution in [-0.4, -0.2) is 39.2 Å². The second-order valence-corrected chi connectivity index (χ2v) is 8.17. The fourth-order valence-electron chi connectivity index (χ4n) is 4.17. The van der Waals surface area contributed by atoms with Crippen molar-refractivity contribution in [1.29, 1.82) is 0 Å². The highest BCUT2D eigenvalue weighted by Gasteiger charge is 2.71. The molecule has 5 nitrogen and oxygen atoms in total. The molecule has 1 aromatic carbocycles. The molecule has 1 heterocycles. The van der Waals surface area contributed by atoms with Crippen molar-refractivity contribution >= 4 is 11.7 Å². The molecule has 2 N–H and O–H groups in total. The number of hydrogen-bond acceptors (Lipinski definition) is 3. The third kappa shape index (κ3) is 3.81. The number of aliphatic hydroxyl groups is 1. The van der Waals surface area contributed by atoms with E-state index in [1.807, 2.05) is 0 Å². The van der Waals surface area contributed by atoms with E-state index in [1.54, 1.807) is 12.1 Å².